The molecule has 0 N–H and O–H groups in total. The Morgan fingerprint density at radius 2 is 2.50 bits per heavy atom. The van der Waals surface area contributed by atoms with Gasteiger partial charge in [0, 0.05) is 19.1 Å². The van der Waals surface area contributed by atoms with Gasteiger partial charge in [-0.25, -0.2) is 0 Å². The molecule has 0 aromatic carbocycles. The van der Waals surface area contributed by atoms with Crippen molar-refractivity contribution in [2.75, 3.05) is 13.1 Å². The quantitative estimate of drug-likeness (QED) is 0.391. The highest BCUT2D eigenvalue weighted by atomic mass is 15.3. The van der Waals surface area contributed by atoms with Crippen LogP contribution in [0.4, 0.5) is 0 Å². The second-order valence-corrected chi connectivity index (χ2v) is 2.42. The van der Waals surface area contributed by atoms with Crippen LogP contribution < -0.4 is 0 Å². The molecule has 0 amide bonds. The van der Waals surface area contributed by atoms with Crippen LogP contribution in [-0.4, -0.2) is 24.0 Å². The Hall–Kier alpha value is -0.300. The normalized spacial score (nSPS) is 34.6. The van der Waals surface area contributed by atoms with Crippen molar-refractivity contribution in [2.45, 2.75) is 19.4 Å². The third kappa shape index (κ3) is 1.34. The molecule has 1 heteroatoms. The van der Waals surface area contributed by atoms with Crippen LogP contribution in [0.25, 0.3) is 0 Å². The van der Waals surface area contributed by atoms with Gasteiger partial charge in [-0.05, 0) is 13.3 Å². The van der Waals surface area contributed by atoms with Gasteiger partial charge in [0.15, 0.2) is 0 Å². The fourth-order valence-electron chi connectivity index (χ4n) is 0.861. The summed E-state index contributed by atoms with van der Waals surface area (Å²) in [6, 6.07) is 0.856. The minimum atomic E-state index is 0.856. The van der Waals surface area contributed by atoms with Gasteiger partial charge in [0.25, 0.3) is 0 Å². The standard InChI is InChI=1S/C7H13N/c1-3-4-5-8-6-7(8)2/h3,7H,1,4-6H2,2H3/t7-,8?/m1/s1. The van der Waals surface area contributed by atoms with E-state index >= 15 is 0 Å². The first-order valence-corrected chi connectivity index (χ1v) is 3.19. The van der Waals surface area contributed by atoms with E-state index in [1.807, 2.05) is 6.08 Å². The lowest BCUT2D eigenvalue weighted by Crippen LogP contribution is -1.99. The van der Waals surface area contributed by atoms with E-state index in [9.17, 15) is 0 Å². The van der Waals surface area contributed by atoms with Crippen molar-refractivity contribution in [3.8, 4) is 0 Å². The SMILES string of the molecule is C=CCCN1C[C@H]1C. The van der Waals surface area contributed by atoms with Gasteiger partial charge in [0.1, 0.15) is 0 Å². The Bertz CT molecular complexity index is 88.4. The smallest absolute Gasteiger partial charge is 0.0195 e. The van der Waals surface area contributed by atoms with Crippen LogP contribution in [0.2, 0.25) is 0 Å². The van der Waals surface area contributed by atoms with Gasteiger partial charge >= 0.3 is 0 Å². The molecule has 0 bridgehead atoms. The minimum Gasteiger partial charge on any atom is -0.298 e. The molecular formula is C7H13N. The van der Waals surface area contributed by atoms with Crippen molar-refractivity contribution in [1.82, 2.24) is 4.90 Å². The van der Waals surface area contributed by atoms with Gasteiger partial charge in [0.2, 0.25) is 0 Å². The summed E-state index contributed by atoms with van der Waals surface area (Å²) in [4.78, 5) is 2.43. The molecule has 1 aliphatic heterocycles. The summed E-state index contributed by atoms with van der Waals surface area (Å²) in [6.07, 6.45) is 3.12. The Morgan fingerprint density at radius 1 is 1.88 bits per heavy atom. The van der Waals surface area contributed by atoms with Gasteiger partial charge in [-0.3, -0.25) is 4.90 Å². The molecule has 0 radical (unpaired) electrons. The van der Waals surface area contributed by atoms with E-state index in [0.717, 1.165) is 12.5 Å². The van der Waals surface area contributed by atoms with E-state index in [2.05, 4.69) is 18.4 Å². The molecular weight excluding hydrogens is 98.1 g/mol. The number of hydrogen-bond donors (Lipinski definition) is 0. The third-order valence-corrected chi connectivity index (χ3v) is 1.61. The Labute approximate surface area is 51.0 Å². The van der Waals surface area contributed by atoms with Crippen LogP contribution in [0.15, 0.2) is 12.7 Å². The number of nitrogens with zero attached hydrogens (tertiary/aromatic N) is 1. The van der Waals surface area contributed by atoms with Gasteiger partial charge in [-0.2, -0.15) is 0 Å². The summed E-state index contributed by atoms with van der Waals surface area (Å²) < 4.78 is 0. The highest BCUT2D eigenvalue weighted by Crippen LogP contribution is 2.15. The zero-order valence-corrected chi connectivity index (χ0v) is 5.43. The lowest BCUT2D eigenvalue weighted by atomic mass is 10.4. The first-order valence-electron chi connectivity index (χ1n) is 3.19. The number of rotatable bonds is 3. The fourth-order valence-corrected chi connectivity index (χ4v) is 0.861. The molecule has 1 fully saturated rings. The summed E-state index contributed by atoms with van der Waals surface area (Å²) in [7, 11) is 0. The van der Waals surface area contributed by atoms with Crippen LogP contribution in [0.1, 0.15) is 13.3 Å². The molecule has 1 aliphatic rings. The first kappa shape index (κ1) is 5.83. The van der Waals surface area contributed by atoms with Crippen LogP contribution in [0.3, 0.4) is 0 Å². The third-order valence-electron chi connectivity index (χ3n) is 1.61. The Morgan fingerprint density at radius 3 is 2.88 bits per heavy atom. The van der Waals surface area contributed by atoms with E-state index in [4.69, 9.17) is 0 Å². The molecule has 1 rings (SSSR count). The van der Waals surface area contributed by atoms with Crippen molar-refractivity contribution in [3.05, 3.63) is 12.7 Å². The molecule has 46 valence electrons. The van der Waals surface area contributed by atoms with Crippen LogP contribution in [0, 0.1) is 0 Å². The zero-order valence-electron chi connectivity index (χ0n) is 5.43. The second-order valence-electron chi connectivity index (χ2n) is 2.42. The summed E-state index contributed by atoms with van der Waals surface area (Å²) in [5.74, 6) is 0. The molecule has 0 aromatic heterocycles. The zero-order chi connectivity index (χ0) is 5.98. The summed E-state index contributed by atoms with van der Waals surface area (Å²) in [5, 5.41) is 0. The van der Waals surface area contributed by atoms with Crippen molar-refractivity contribution < 1.29 is 0 Å². The molecule has 1 unspecified atom stereocenters. The van der Waals surface area contributed by atoms with E-state index in [1.54, 1.807) is 0 Å². The van der Waals surface area contributed by atoms with Crippen molar-refractivity contribution in [1.29, 1.82) is 0 Å². The van der Waals surface area contributed by atoms with E-state index < -0.39 is 0 Å². The predicted molar refractivity (Wildman–Crippen MR) is 35.8 cm³/mol. The van der Waals surface area contributed by atoms with Gasteiger partial charge in [0.05, 0.1) is 0 Å². The van der Waals surface area contributed by atoms with Crippen molar-refractivity contribution in [3.63, 3.8) is 0 Å². The maximum Gasteiger partial charge on any atom is 0.0195 e. The van der Waals surface area contributed by atoms with E-state index in [1.165, 1.54) is 13.1 Å². The Balaban J connectivity index is 1.97. The molecule has 1 nitrogen and oxygen atoms in total. The minimum absolute atomic E-state index is 0.856. The van der Waals surface area contributed by atoms with E-state index in [0.29, 0.717) is 0 Å². The average Bonchev–Trinajstić information content (AvgIpc) is 2.42. The van der Waals surface area contributed by atoms with E-state index in [-0.39, 0.29) is 0 Å². The molecule has 8 heavy (non-hydrogen) atoms. The summed E-state index contributed by atoms with van der Waals surface area (Å²) >= 11 is 0. The predicted octanol–water partition coefficient (Wildman–Crippen LogP) is 1.27. The topological polar surface area (TPSA) is 3.01 Å². The molecule has 0 aromatic rings. The largest absolute Gasteiger partial charge is 0.298 e. The first-order chi connectivity index (χ1) is 3.84. The van der Waals surface area contributed by atoms with Crippen LogP contribution >= 0.6 is 0 Å². The highest BCUT2D eigenvalue weighted by Gasteiger charge is 2.26. The highest BCUT2D eigenvalue weighted by molar-refractivity contribution is 4.86. The number of hydrogen-bond acceptors (Lipinski definition) is 1. The molecule has 2 atom stereocenters. The molecule has 1 saturated heterocycles. The van der Waals surface area contributed by atoms with Crippen molar-refractivity contribution >= 4 is 0 Å². The van der Waals surface area contributed by atoms with Crippen molar-refractivity contribution in [2.24, 2.45) is 0 Å². The Kier molecular flexibility index (Phi) is 1.69. The van der Waals surface area contributed by atoms with Crippen LogP contribution in [-0.2, 0) is 0 Å². The lowest BCUT2D eigenvalue weighted by Gasteiger charge is -1.94. The van der Waals surface area contributed by atoms with Gasteiger partial charge in [-0.1, -0.05) is 6.08 Å². The second kappa shape index (κ2) is 2.31. The van der Waals surface area contributed by atoms with Gasteiger partial charge in [-0.15, -0.1) is 6.58 Å². The molecule has 1 heterocycles. The van der Waals surface area contributed by atoms with Gasteiger partial charge < -0.3 is 0 Å². The molecule has 0 saturated carbocycles. The molecule has 0 spiro atoms. The molecule has 0 aliphatic carbocycles. The summed E-state index contributed by atoms with van der Waals surface area (Å²) in [5.41, 5.74) is 0. The monoisotopic (exact) mass is 111 g/mol. The summed E-state index contributed by atoms with van der Waals surface area (Å²) in [6.45, 7) is 8.42. The maximum absolute atomic E-state index is 3.66. The fraction of sp³-hybridized carbons (Fsp3) is 0.714. The van der Waals surface area contributed by atoms with Crippen LogP contribution in [0.5, 0.6) is 0 Å². The average molecular weight is 111 g/mol. The maximum atomic E-state index is 3.66. The lowest BCUT2D eigenvalue weighted by molar-refractivity contribution is 0.527.